The van der Waals surface area contributed by atoms with Crippen LogP contribution in [-0.2, 0) is 0 Å². The Balaban J connectivity index is 1.33. The number of hydrogen-bond acceptors (Lipinski definition) is 7. The Labute approximate surface area is 215 Å². The zero-order chi connectivity index (χ0) is 26.1. The molecular weight excluding hydrogens is 510 g/mol. The maximum atomic E-state index is 14.0. The van der Waals surface area contributed by atoms with Crippen LogP contribution in [0.2, 0.25) is 0 Å². The molecule has 2 atom stereocenters. The van der Waals surface area contributed by atoms with Crippen LogP contribution >= 0.6 is 11.9 Å². The van der Waals surface area contributed by atoms with Crippen molar-refractivity contribution in [2.75, 3.05) is 18.4 Å². The predicted octanol–water partition coefficient (Wildman–Crippen LogP) is 5.62. The molecule has 3 heterocycles. The zero-order valence-corrected chi connectivity index (χ0v) is 21.0. The lowest BCUT2D eigenvalue weighted by Crippen LogP contribution is -2.36. The number of alkyl halides is 2. The van der Waals surface area contributed by atoms with Crippen molar-refractivity contribution >= 4 is 28.9 Å². The van der Waals surface area contributed by atoms with E-state index in [4.69, 9.17) is 0 Å². The second kappa shape index (κ2) is 10.9. The smallest absolute Gasteiger partial charge is 0.387 e. The highest BCUT2D eigenvalue weighted by molar-refractivity contribution is 7.97. The number of aromatic nitrogens is 3. The summed E-state index contributed by atoms with van der Waals surface area (Å²) in [6, 6.07) is 4.72. The van der Waals surface area contributed by atoms with Crippen molar-refractivity contribution in [2.45, 2.75) is 62.6 Å². The zero-order valence-electron chi connectivity index (χ0n) is 20.2. The van der Waals surface area contributed by atoms with Crippen LogP contribution in [0.4, 0.5) is 23.5 Å². The molecule has 1 aromatic carbocycles. The normalized spacial score (nSPS) is 21.1. The lowest BCUT2D eigenvalue weighted by Gasteiger charge is -2.31. The molecule has 0 radical (unpaired) electrons. The third-order valence-corrected chi connectivity index (χ3v) is 8.16. The molecule has 1 saturated carbocycles. The number of anilines is 1. The van der Waals surface area contributed by atoms with Crippen molar-refractivity contribution in [3.8, 4) is 5.75 Å². The van der Waals surface area contributed by atoms with Gasteiger partial charge in [0.1, 0.15) is 17.3 Å². The molecule has 2 unspecified atom stereocenters. The number of pyridine rings is 1. The van der Waals surface area contributed by atoms with Crippen molar-refractivity contribution in [1.29, 1.82) is 0 Å². The molecule has 2 fully saturated rings. The van der Waals surface area contributed by atoms with E-state index in [1.807, 2.05) is 11.2 Å². The number of nitrogens with zero attached hydrogens (tertiary/aromatic N) is 4. The van der Waals surface area contributed by atoms with E-state index in [9.17, 15) is 22.4 Å². The summed E-state index contributed by atoms with van der Waals surface area (Å²) in [5.74, 6) is -1.05. The van der Waals surface area contributed by atoms with E-state index < -0.39 is 29.6 Å². The Morgan fingerprint density at radius 3 is 2.59 bits per heavy atom. The Hall–Kier alpha value is -2.86. The summed E-state index contributed by atoms with van der Waals surface area (Å²) in [5, 5.41) is 3.77. The minimum Gasteiger partial charge on any atom is -0.429 e. The third-order valence-electron chi connectivity index (χ3n) is 7.01. The highest BCUT2D eigenvalue weighted by Crippen LogP contribution is 2.36. The summed E-state index contributed by atoms with van der Waals surface area (Å²) < 4.78 is 61.1. The van der Waals surface area contributed by atoms with Crippen molar-refractivity contribution in [3.05, 3.63) is 52.5 Å². The van der Waals surface area contributed by atoms with Gasteiger partial charge in [0, 0.05) is 42.8 Å². The molecular formula is C25H27F4N5O2S. The first-order chi connectivity index (χ1) is 17.8. The lowest BCUT2D eigenvalue weighted by atomic mass is 10.1. The summed E-state index contributed by atoms with van der Waals surface area (Å²) in [4.78, 5) is 22.5. The summed E-state index contributed by atoms with van der Waals surface area (Å²) in [6.45, 7) is 0.280. The number of rotatable bonds is 7. The van der Waals surface area contributed by atoms with Crippen LogP contribution in [0.1, 0.15) is 45.1 Å². The van der Waals surface area contributed by atoms with E-state index in [1.54, 1.807) is 0 Å². The second-order valence-electron chi connectivity index (χ2n) is 9.52. The van der Waals surface area contributed by atoms with Crippen LogP contribution in [0.3, 0.4) is 0 Å². The first-order valence-corrected chi connectivity index (χ1v) is 13.1. The number of hydrogen-bond donors (Lipinski definition) is 1. The number of piperidine rings is 1. The van der Waals surface area contributed by atoms with E-state index in [-0.39, 0.29) is 18.0 Å². The molecule has 0 amide bonds. The second-order valence-corrected chi connectivity index (χ2v) is 10.7. The quantitative estimate of drug-likeness (QED) is 0.310. The standard InChI is InChI=1S/C25H27F4N5O2S/c1-14-3-2-4-19(14)34-22-15(11-20(23(34)35)36-24(28)29)13-30-25(32-22)31-17-7-9-33(10-8-17)37-21-6-5-16(26)12-18(21)27/h5-6,11-14,17,19,24H,2-4,7-10H2,1H3,(H,30,31,32). The first-order valence-electron chi connectivity index (χ1n) is 12.3. The minimum atomic E-state index is -3.11. The van der Waals surface area contributed by atoms with E-state index in [2.05, 4.69) is 20.0 Å². The molecule has 0 bridgehead atoms. The van der Waals surface area contributed by atoms with E-state index in [1.165, 1.54) is 40.9 Å². The number of nitrogens with one attached hydrogen (secondary N) is 1. The molecule has 3 aromatic rings. The minimum absolute atomic E-state index is 0.0550. The fourth-order valence-corrected chi connectivity index (χ4v) is 6.07. The highest BCUT2D eigenvalue weighted by atomic mass is 32.2. The van der Waals surface area contributed by atoms with Crippen LogP contribution in [0.25, 0.3) is 11.0 Å². The maximum Gasteiger partial charge on any atom is 0.387 e. The van der Waals surface area contributed by atoms with E-state index >= 15 is 0 Å². The number of fused-ring (bicyclic) bond motifs is 1. The Morgan fingerprint density at radius 1 is 1.14 bits per heavy atom. The molecule has 5 rings (SSSR count). The van der Waals surface area contributed by atoms with E-state index in [0.717, 1.165) is 38.2 Å². The maximum absolute atomic E-state index is 14.0. The largest absolute Gasteiger partial charge is 0.429 e. The van der Waals surface area contributed by atoms with Gasteiger partial charge >= 0.3 is 6.61 Å². The molecule has 2 aliphatic rings. The van der Waals surface area contributed by atoms with Gasteiger partial charge in [-0.15, -0.1) is 0 Å². The molecule has 0 spiro atoms. The number of halogens is 4. The molecule has 198 valence electrons. The summed E-state index contributed by atoms with van der Waals surface area (Å²) in [7, 11) is 0. The molecule has 7 nitrogen and oxygen atoms in total. The van der Waals surface area contributed by atoms with Crippen LogP contribution in [0.15, 0.2) is 40.2 Å². The Morgan fingerprint density at radius 2 is 1.92 bits per heavy atom. The molecule has 12 heteroatoms. The van der Waals surface area contributed by atoms with Gasteiger partial charge in [-0.05, 0) is 61.7 Å². The van der Waals surface area contributed by atoms with Crippen molar-refractivity contribution in [1.82, 2.24) is 18.8 Å². The highest BCUT2D eigenvalue weighted by Gasteiger charge is 2.30. The Kier molecular flexibility index (Phi) is 7.57. The molecule has 2 aromatic heterocycles. The van der Waals surface area contributed by atoms with Crippen molar-refractivity contribution in [2.24, 2.45) is 5.92 Å². The molecule has 1 saturated heterocycles. The van der Waals surface area contributed by atoms with Crippen molar-refractivity contribution in [3.63, 3.8) is 0 Å². The van der Waals surface area contributed by atoms with Gasteiger partial charge in [0.05, 0.1) is 4.90 Å². The van der Waals surface area contributed by atoms with Gasteiger partial charge in [-0.2, -0.15) is 13.8 Å². The lowest BCUT2D eigenvalue weighted by molar-refractivity contribution is -0.0510. The molecule has 1 aliphatic carbocycles. The van der Waals surface area contributed by atoms with Gasteiger partial charge < -0.3 is 10.1 Å². The van der Waals surface area contributed by atoms with Crippen LogP contribution in [0.5, 0.6) is 5.75 Å². The van der Waals surface area contributed by atoms with E-state index in [0.29, 0.717) is 35.0 Å². The van der Waals surface area contributed by atoms with Crippen molar-refractivity contribution < 1.29 is 22.3 Å². The summed E-state index contributed by atoms with van der Waals surface area (Å²) >= 11 is 1.26. The fourth-order valence-electron chi connectivity index (χ4n) is 5.12. The van der Waals surface area contributed by atoms with Gasteiger partial charge in [-0.25, -0.2) is 18.1 Å². The number of benzene rings is 1. The summed E-state index contributed by atoms with van der Waals surface area (Å²) in [5.41, 5.74) is -0.225. The third kappa shape index (κ3) is 5.69. The number of ether oxygens (including phenoxy) is 1. The summed E-state index contributed by atoms with van der Waals surface area (Å²) in [6.07, 6.45) is 5.63. The van der Waals surface area contributed by atoms with Gasteiger partial charge in [0.25, 0.3) is 5.56 Å². The van der Waals surface area contributed by atoms with Crippen LogP contribution in [-0.4, -0.2) is 44.6 Å². The fraction of sp³-hybridized carbons (Fsp3) is 0.480. The van der Waals surface area contributed by atoms with Crippen LogP contribution in [0, 0.1) is 17.6 Å². The SMILES string of the molecule is CC1CCCC1n1c(=O)c(OC(F)F)cc2cnc(NC3CCN(Sc4ccc(F)cc4F)CC3)nc21. The van der Waals surface area contributed by atoms with Gasteiger partial charge in [-0.3, -0.25) is 9.36 Å². The predicted molar refractivity (Wildman–Crippen MR) is 133 cm³/mol. The Bertz CT molecular complexity index is 1330. The molecule has 1 aliphatic heterocycles. The molecule has 1 N–H and O–H groups in total. The van der Waals surface area contributed by atoms with Gasteiger partial charge in [0.15, 0.2) is 5.75 Å². The average Bonchev–Trinajstić information content (AvgIpc) is 3.28. The van der Waals surface area contributed by atoms with Gasteiger partial charge in [-0.1, -0.05) is 13.3 Å². The monoisotopic (exact) mass is 537 g/mol. The van der Waals surface area contributed by atoms with Crippen LogP contribution < -0.4 is 15.6 Å². The molecule has 37 heavy (non-hydrogen) atoms. The topological polar surface area (TPSA) is 72.3 Å². The van der Waals surface area contributed by atoms with Gasteiger partial charge in [0.2, 0.25) is 5.95 Å². The first kappa shape index (κ1) is 25.8. The average molecular weight is 538 g/mol.